The van der Waals surface area contributed by atoms with E-state index in [2.05, 4.69) is 17.1 Å². The Bertz CT molecular complexity index is 740. The van der Waals surface area contributed by atoms with E-state index in [0.29, 0.717) is 0 Å². The van der Waals surface area contributed by atoms with Crippen LogP contribution in [0.4, 0.5) is 4.39 Å². The maximum Gasteiger partial charge on any atom is 0.123 e. The number of H-pyrrole nitrogens is 1. The molecule has 82 valence electrons. The highest BCUT2D eigenvalue weighted by atomic mass is 19.1. The second-order valence-corrected chi connectivity index (χ2v) is 4.50. The van der Waals surface area contributed by atoms with Crippen LogP contribution in [0.25, 0.3) is 22.0 Å². The highest BCUT2D eigenvalue weighted by Crippen LogP contribution is 2.41. The lowest BCUT2D eigenvalue weighted by atomic mass is 10.0. The van der Waals surface area contributed by atoms with Gasteiger partial charge in [-0.25, -0.2) is 4.39 Å². The number of benzene rings is 2. The SMILES string of the molecule is Fc1ccc2c(c1)-c1c([nH]c3ccccc13)C2. The Morgan fingerprint density at radius 3 is 2.88 bits per heavy atom. The molecule has 0 saturated carbocycles. The predicted molar refractivity (Wildman–Crippen MR) is 66.5 cm³/mol. The largest absolute Gasteiger partial charge is 0.358 e. The van der Waals surface area contributed by atoms with Crippen molar-refractivity contribution >= 4 is 10.9 Å². The molecule has 0 fully saturated rings. The Hall–Kier alpha value is -2.09. The summed E-state index contributed by atoms with van der Waals surface area (Å²) in [7, 11) is 0. The molecule has 0 bridgehead atoms. The molecule has 0 unspecified atom stereocenters. The van der Waals surface area contributed by atoms with E-state index in [0.717, 1.165) is 17.5 Å². The van der Waals surface area contributed by atoms with Crippen LogP contribution in [0.3, 0.4) is 0 Å². The summed E-state index contributed by atoms with van der Waals surface area (Å²) in [6.07, 6.45) is 0.875. The van der Waals surface area contributed by atoms with Crippen LogP contribution >= 0.6 is 0 Å². The summed E-state index contributed by atoms with van der Waals surface area (Å²) in [5.74, 6) is -0.165. The number of nitrogens with one attached hydrogen (secondary N) is 1. The first kappa shape index (κ1) is 8.99. The summed E-state index contributed by atoms with van der Waals surface area (Å²) in [6, 6.07) is 13.2. The first-order valence-electron chi connectivity index (χ1n) is 5.71. The van der Waals surface area contributed by atoms with E-state index < -0.39 is 0 Å². The first-order valence-corrected chi connectivity index (χ1v) is 5.71. The lowest BCUT2D eigenvalue weighted by Crippen LogP contribution is -1.83. The Morgan fingerprint density at radius 2 is 1.94 bits per heavy atom. The van der Waals surface area contributed by atoms with Gasteiger partial charge in [0.15, 0.2) is 0 Å². The third-order valence-corrected chi connectivity index (χ3v) is 3.49. The Balaban J connectivity index is 2.12. The maximum absolute atomic E-state index is 13.4. The van der Waals surface area contributed by atoms with E-state index in [1.54, 1.807) is 6.07 Å². The predicted octanol–water partition coefficient (Wildman–Crippen LogP) is 3.88. The number of hydrogen-bond acceptors (Lipinski definition) is 0. The van der Waals surface area contributed by atoms with Crippen molar-refractivity contribution in [2.75, 3.05) is 0 Å². The number of rotatable bonds is 0. The quantitative estimate of drug-likeness (QED) is 0.465. The average molecular weight is 223 g/mol. The molecule has 1 aromatic heterocycles. The van der Waals surface area contributed by atoms with E-state index >= 15 is 0 Å². The smallest absolute Gasteiger partial charge is 0.123 e. The van der Waals surface area contributed by atoms with Gasteiger partial charge in [-0.1, -0.05) is 24.3 Å². The monoisotopic (exact) mass is 223 g/mol. The zero-order valence-corrected chi connectivity index (χ0v) is 9.13. The van der Waals surface area contributed by atoms with Gasteiger partial charge in [-0.05, 0) is 29.3 Å². The van der Waals surface area contributed by atoms with Crippen molar-refractivity contribution in [1.29, 1.82) is 0 Å². The third kappa shape index (κ3) is 1.12. The molecule has 0 amide bonds. The lowest BCUT2D eigenvalue weighted by molar-refractivity contribution is 0.628. The summed E-state index contributed by atoms with van der Waals surface area (Å²) >= 11 is 0. The van der Waals surface area contributed by atoms with Crippen molar-refractivity contribution in [2.45, 2.75) is 6.42 Å². The molecular weight excluding hydrogens is 213 g/mol. The number of aromatic amines is 1. The molecule has 1 N–H and O–H groups in total. The van der Waals surface area contributed by atoms with Gasteiger partial charge in [-0.2, -0.15) is 0 Å². The molecule has 2 heteroatoms. The fourth-order valence-corrected chi connectivity index (χ4v) is 2.76. The van der Waals surface area contributed by atoms with Crippen molar-refractivity contribution in [3.63, 3.8) is 0 Å². The number of hydrogen-bond donors (Lipinski definition) is 1. The normalized spacial score (nSPS) is 12.8. The van der Waals surface area contributed by atoms with Crippen molar-refractivity contribution in [1.82, 2.24) is 4.98 Å². The molecule has 0 aliphatic heterocycles. The van der Waals surface area contributed by atoms with Crippen LogP contribution < -0.4 is 0 Å². The summed E-state index contributed by atoms with van der Waals surface area (Å²) in [6.45, 7) is 0. The van der Waals surface area contributed by atoms with E-state index in [-0.39, 0.29) is 5.82 Å². The highest BCUT2D eigenvalue weighted by Gasteiger charge is 2.23. The minimum atomic E-state index is -0.165. The van der Waals surface area contributed by atoms with Crippen molar-refractivity contribution < 1.29 is 4.39 Å². The number of para-hydroxylation sites is 1. The molecule has 0 spiro atoms. The topological polar surface area (TPSA) is 15.8 Å². The van der Waals surface area contributed by atoms with Crippen LogP contribution in [-0.4, -0.2) is 4.98 Å². The molecule has 1 aliphatic rings. The van der Waals surface area contributed by atoms with Crippen LogP contribution in [0.15, 0.2) is 42.5 Å². The fraction of sp³-hybridized carbons (Fsp3) is 0.0667. The molecule has 1 aliphatic carbocycles. The zero-order chi connectivity index (χ0) is 11.4. The van der Waals surface area contributed by atoms with Crippen LogP contribution in [0, 0.1) is 5.82 Å². The van der Waals surface area contributed by atoms with Crippen LogP contribution in [0.2, 0.25) is 0 Å². The summed E-state index contributed by atoms with van der Waals surface area (Å²) < 4.78 is 13.4. The third-order valence-electron chi connectivity index (χ3n) is 3.49. The molecule has 4 rings (SSSR count). The standard InChI is InChI=1S/C15H10FN/c16-10-6-5-9-7-14-15(12(9)8-10)11-3-1-2-4-13(11)17-14/h1-6,8,17H,7H2. The molecule has 0 radical (unpaired) electrons. The summed E-state index contributed by atoms with van der Waals surface area (Å²) in [5, 5.41) is 1.19. The van der Waals surface area contributed by atoms with Gasteiger partial charge in [-0.15, -0.1) is 0 Å². The van der Waals surface area contributed by atoms with E-state index in [1.807, 2.05) is 18.2 Å². The Kier molecular flexibility index (Phi) is 1.57. The molecule has 3 aromatic rings. The van der Waals surface area contributed by atoms with Crippen molar-refractivity contribution in [2.24, 2.45) is 0 Å². The van der Waals surface area contributed by atoms with Crippen molar-refractivity contribution in [3.05, 3.63) is 59.5 Å². The summed E-state index contributed by atoms with van der Waals surface area (Å²) in [4.78, 5) is 3.42. The van der Waals surface area contributed by atoms with Crippen molar-refractivity contribution in [3.8, 4) is 11.1 Å². The average Bonchev–Trinajstić information content (AvgIpc) is 2.84. The minimum Gasteiger partial charge on any atom is -0.358 e. The van der Waals surface area contributed by atoms with Gasteiger partial charge in [-0.3, -0.25) is 0 Å². The minimum absolute atomic E-state index is 0.165. The van der Waals surface area contributed by atoms with Gasteiger partial charge >= 0.3 is 0 Å². The number of fused-ring (bicyclic) bond motifs is 5. The number of aromatic nitrogens is 1. The van der Waals surface area contributed by atoms with Gasteiger partial charge in [0.1, 0.15) is 5.82 Å². The van der Waals surface area contributed by atoms with Gasteiger partial charge < -0.3 is 4.98 Å². The summed E-state index contributed by atoms with van der Waals surface area (Å²) in [5.41, 5.74) is 5.75. The van der Waals surface area contributed by atoms with E-state index in [9.17, 15) is 4.39 Å². The molecule has 1 heterocycles. The Morgan fingerprint density at radius 1 is 1.06 bits per heavy atom. The lowest BCUT2D eigenvalue weighted by Gasteiger charge is -2.00. The molecule has 0 saturated heterocycles. The van der Waals surface area contributed by atoms with Gasteiger partial charge in [0.25, 0.3) is 0 Å². The fourth-order valence-electron chi connectivity index (χ4n) is 2.76. The van der Waals surface area contributed by atoms with Crippen LogP contribution in [-0.2, 0) is 6.42 Å². The van der Waals surface area contributed by atoms with Crippen LogP contribution in [0.5, 0.6) is 0 Å². The van der Waals surface area contributed by atoms with Gasteiger partial charge in [0.2, 0.25) is 0 Å². The number of halogens is 1. The van der Waals surface area contributed by atoms with Gasteiger partial charge in [0, 0.05) is 28.6 Å². The van der Waals surface area contributed by atoms with Gasteiger partial charge in [0.05, 0.1) is 0 Å². The second kappa shape index (κ2) is 2.98. The molecule has 2 aromatic carbocycles. The zero-order valence-electron chi connectivity index (χ0n) is 9.13. The first-order chi connectivity index (χ1) is 8.33. The molecular formula is C15H10FN. The maximum atomic E-state index is 13.4. The Labute approximate surface area is 97.9 Å². The second-order valence-electron chi connectivity index (χ2n) is 4.50. The highest BCUT2D eigenvalue weighted by molar-refractivity contribution is 6.00. The molecule has 0 atom stereocenters. The van der Waals surface area contributed by atoms with E-state index in [1.165, 1.54) is 28.3 Å². The van der Waals surface area contributed by atoms with Crippen LogP contribution in [0.1, 0.15) is 11.3 Å². The molecule has 17 heavy (non-hydrogen) atoms. The van der Waals surface area contributed by atoms with E-state index in [4.69, 9.17) is 0 Å². The molecule has 1 nitrogen and oxygen atoms in total.